The monoisotopic (exact) mass is 210 g/mol. The van der Waals surface area contributed by atoms with Crippen LogP contribution in [0.5, 0.6) is 0 Å². The van der Waals surface area contributed by atoms with E-state index in [-0.39, 0.29) is 12.1 Å². The smallest absolute Gasteiger partial charge is 0.253 e. The van der Waals surface area contributed by atoms with Crippen LogP contribution < -0.4 is 17.0 Å². The molecule has 1 unspecified atom stereocenters. The van der Waals surface area contributed by atoms with E-state index in [1.54, 1.807) is 13.8 Å². The maximum Gasteiger partial charge on any atom is 0.253 e. The zero-order chi connectivity index (χ0) is 11.6. The molecule has 1 amide bonds. The minimum Gasteiger partial charge on any atom is -0.368 e. The van der Waals surface area contributed by atoms with Crippen LogP contribution in [0, 0.1) is 13.8 Å². The average molecular weight is 210 g/mol. The highest BCUT2D eigenvalue weighted by molar-refractivity contribution is 5.79. The molecule has 4 N–H and O–H groups in total. The Morgan fingerprint density at radius 3 is 2.67 bits per heavy atom. The Bertz CT molecular complexity index is 438. The summed E-state index contributed by atoms with van der Waals surface area (Å²) in [4.78, 5) is 26.4. The van der Waals surface area contributed by atoms with Gasteiger partial charge in [0.05, 0.1) is 6.54 Å². The molecule has 0 aliphatic heterocycles. The van der Waals surface area contributed by atoms with E-state index in [4.69, 9.17) is 11.5 Å². The number of amides is 1. The van der Waals surface area contributed by atoms with E-state index in [9.17, 15) is 9.59 Å². The molecule has 0 aliphatic carbocycles. The van der Waals surface area contributed by atoms with Gasteiger partial charge < -0.3 is 11.5 Å². The highest BCUT2D eigenvalue weighted by Crippen LogP contribution is 1.94. The average Bonchev–Trinajstić information content (AvgIpc) is 2.10. The first-order chi connectivity index (χ1) is 6.91. The van der Waals surface area contributed by atoms with E-state index in [1.807, 2.05) is 0 Å². The summed E-state index contributed by atoms with van der Waals surface area (Å²) in [5, 5.41) is 0. The lowest BCUT2D eigenvalue weighted by Gasteiger charge is -2.12. The summed E-state index contributed by atoms with van der Waals surface area (Å²) >= 11 is 0. The number of aromatic nitrogens is 2. The summed E-state index contributed by atoms with van der Waals surface area (Å²) in [7, 11) is 0. The molecule has 0 spiro atoms. The molecule has 0 saturated heterocycles. The lowest BCUT2D eigenvalue weighted by Crippen LogP contribution is -2.42. The highest BCUT2D eigenvalue weighted by atomic mass is 16.1. The molecule has 1 rings (SSSR count). The molecule has 1 aromatic rings. The number of hydrogen-bond acceptors (Lipinski definition) is 4. The first kappa shape index (κ1) is 11.4. The molecule has 1 heterocycles. The molecule has 15 heavy (non-hydrogen) atoms. The maximum absolute atomic E-state index is 11.5. The van der Waals surface area contributed by atoms with E-state index in [1.165, 1.54) is 10.6 Å². The predicted octanol–water partition coefficient (Wildman–Crippen LogP) is -1.33. The molecular weight excluding hydrogens is 196 g/mol. The van der Waals surface area contributed by atoms with Gasteiger partial charge in [-0.2, -0.15) is 0 Å². The number of nitrogens with zero attached hydrogens (tertiary/aromatic N) is 2. The predicted molar refractivity (Wildman–Crippen MR) is 55.1 cm³/mol. The summed E-state index contributed by atoms with van der Waals surface area (Å²) in [6.07, 6.45) is 0. The van der Waals surface area contributed by atoms with Crippen LogP contribution in [0.25, 0.3) is 0 Å². The number of aryl methyl sites for hydroxylation is 2. The van der Waals surface area contributed by atoms with Crippen molar-refractivity contribution in [3.8, 4) is 0 Å². The van der Waals surface area contributed by atoms with E-state index in [2.05, 4.69) is 4.98 Å². The van der Waals surface area contributed by atoms with Crippen LogP contribution in [-0.4, -0.2) is 21.5 Å². The van der Waals surface area contributed by atoms with E-state index in [0.717, 1.165) is 0 Å². The summed E-state index contributed by atoms with van der Waals surface area (Å²) < 4.78 is 1.34. The fourth-order valence-corrected chi connectivity index (χ4v) is 1.27. The van der Waals surface area contributed by atoms with E-state index in [0.29, 0.717) is 11.5 Å². The topological polar surface area (TPSA) is 104 Å². The summed E-state index contributed by atoms with van der Waals surface area (Å²) in [6.45, 7) is 3.47. The van der Waals surface area contributed by atoms with Crippen LogP contribution in [-0.2, 0) is 11.3 Å². The van der Waals surface area contributed by atoms with Crippen LogP contribution in [0.3, 0.4) is 0 Å². The van der Waals surface area contributed by atoms with Gasteiger partial charge in [0.25, 0.3) is 5.56 Å². The van der Waals surface area contributed by atoms with Crippen molar-refractivity contribution >= 4 is 5.91 Å². The molecule has 1 atom stereocenters. The number of carbonyl (C=O) groups is 1. The van der Waals surface area contributed by atoms with Gasteiger partial charge in [0.2, 0.25) is 5.91 Å². The molecule has 1 aromatic heterocycles. The Morgan fingerprint density at radius 2 is 2.20 bits per heavy atom. The van der Waals surface area contributed by atoms with Gasteiger partial charge in [0, 0.05) is 11.8 Å². The van der Waals surface area contributed by atoms with Crippen LogP contribution >= 0.6 is 0 Å². The van der Waals surface area contributed by atoms with Crippen molar-refractivity contribution in [2.24, 2.45) is 11.5 Å². The zero-order valence-electron chi connectivity index (χ0n) is 8.73. The van der Waals surface area contributed by atoms with Crippen molar-refractivity contribution in [1.29, 1.82) is 0 Å². The summed E-state index contributed by atoms with van der Waals surface area (Å²) in [5.41, 5.74) is 10.9. The molecule has 6 heteroatoms. The van der Waals surface area contributed by atoms with Gasteiger partial charge in [-0.1, -0.05) is 0 Å². The SMILES string of the molecule is Cc1cc(=O)n(CC(N)C(N)=O)c(C)n1. The molecule has 0 aromatic carbocycles. The first-order valence-corrected chi connectivity index (χ1v) is 4.52. The van der Waals surface area contributed by atoms with Crippen molar-refractivity contribution in [1.82, 2.24) is 9.55 Å². The van der Waals surface area contributed by atoms with Gasteiger partial charge in [0.15, 0.2) is 0 Å². The molecule has 6 nitrogen and oxygen atoms in total. The second kappa shape index (κ2) is 4.22. The number of nitrogens with two attached hydrogens (primary N) is 2. The summed E-state index contributed by atoms with van der Waals surface area (Å²) in [6, 6.07) is 0.520. The number of hydrogen-bond donors (Lipinski definition) is 2. The zero-order valence-corrected chi connectivity index (χ0v) is 8.73. The quantitative estimate of drug-likeness (QED) is 0.645. The van der Waals surface area contributed by atoms with Gasteiger partial charge >= 0.3 is 0 Å². The molecule has 0 aliphatic rings. The van der Waals surface area contributed by atoms with Gasteiger partial charge in [-0.05, 0) is 13.8 Å². The Kier molecular flexibility index (Phi) is 3.21. The Labute approximate surface area is 86.9 Å². The minimum absolute atomic E-state index is 0.0628. The molecule has 0 radical (unpaired) electrons. The maximum atomic E-state index is 11.5. The van der Waals surface area contributed by atoms with E-state index < -0.39 is 11.9 Å². The van der Waals surface area contributed by atoms with Gasteiger partial charge in [-0.3, -0.25) is 14.2 Å². The van der Waals surface area contributed by atoms with Gasteiger partial charge in [-0.15, -0.1) is 0 Å². The second-order valence-corrected chi connectivity index (χ2v) is 3.40. The highest BCUT2D eigenvalue weighted by Gasteiger charge is 2.12. The van der Waals surface area contributed by atoms with Crippen molar-refractivity contribution < 1.29 is 4.79 Å². The number of carbonyl (C=O) groups excluding carboxylic acids is 1. The number of primary amides is 1. The van der Waals surface area contributed by atoms with Crippen LogP contribution in [0.15, 0.2) is 10.9 Å². The largest absolute Gasteiger partial charge is 0.368 e. The molecule has 0 bridgehead atoms. The third-order valence-electron chi connectivity index (χ3n) is 2.07. The molecule has 0 fully saturated rings. The summed E-state index contributed by atoms with van der Waals surface area (Å²) in [5.74, 6) is -0.112. The van der Waals surface area contributed by atoms with Crippen LogP contribution in [0.2, 0.25) is 0 Å². The van der Waals surface area contributed by atoms with Crippen LogP contribution in [0.4, 0.5) is 0 Å². The van der Waals surface area contributed by atoms with Gasteiger partial charge in [0.1, 0.15) is 11.9 Å². The third-order valence-corrected chi connectivity index (χ3v) is 2.07. The van der Waals surface area contributed by atoms with Crippen molar-refractivity contribution in [3.63, 3.8) is 0 Å². The normalized spacial score (nSPS) is 12.5. The molecule has 82 valence electrons. The minimum atomic E-state index is -0.870. The number of rotatable bonds is 3. The Morgan fingerprint density at radius 1 is 1.60 bits per heavy atom. The van der Waals surface area contributed by atoms with E-state index >= 15 is 0 Å². The third kappa shape index (κ3) is 2.63. The lowest BCUT2D eigenvalue weighted by atomic mass is 10.3. The van der Waals surface area contributed by atoms with Crippen molar-refractivity contribution in [2.45, 2.75) is 26.4 Å². The standard InChI is InChI=1S/C9H14N4O2/c1-5-3-8(14)13(6(2)12-5)4-7(10)9(11)15/h3,7H,4,10H2,1-2H3,(H2,11,15). The molecular formula is C9H14N4O2. The lowest BCUT2D eigenvalue weighted by molar-refractivity contribution is -0.119. The molecule has 0 saturated carbocycles. The van der Waals surface area contributed by atoms with Gasteiger partial charge in [-0.25, -0.2) is 4.98 Å². The Balaban J connectivity index is 3.05. The Hall–Kier alpha value is -1.69. The van der Waals surface area contributed by atoms with Crippen molar-refractivity contribution in [2.75, 3.05) is 0 Å². The first-order valence-electron chi connectivity index (χ1n) is 4.52. The van der Waals surface area contributed by atoms with Crippen molar-refractivity contribution in [3.05, 3.63) is 27.9 Å². The second-order valence-electron chi connectivity index (χ2n) is 3.40. The van der Waals surface area contributed by atoms with Crippen LogP contribution in [0.1, 0.15) is 11.5 Å². The fourth-order valence-electron chi connectivity index (χ4n) is 1.27. The fraction of sp³-hybridized carbons (Fsp3) is 0.444.